The van der Waals surface area contributed by atoms with E-state index < -0.39 is 0 Å². The summed E-state index contributed by atoms with van der Waals surface area (Å²) < 4.78 is 5.45. The van der Waals surface area contributed by atoms with Crippen molar-refractivity contribution in [2.75, 3.05) is 0 Å². The monoisotopic (exact) mass is 278 g/mol. The lowest BCUT2D eigenvalue weighted by Gasteiger charge is -2.24. The van der Waals surface area contributed by atoms with Crippen molar-refractivity contribution in [2.45, 2.75) is 64.5 Å². The molecule has 0 spiro atoms. The lowest BCUT2D eigenvalue weighted by atomic mass is 9.92. The van der Waals surface area contributed by atoms with Gasteiger partial charge in [0.25, 0.3) is 0 Å². The number of hydrogen-bond acceptors (Lipinski definition) is 3. The van der Waals surface area contributed by atoms with Gasteiger partial charge in [-0.2, -0.15) is 0 Å². The number of rotatable bonds is 6. The molecule has 1 aliphatic rings. The molecular formula is C16H26N2O2. The van der Waals surface area contributed by atoms with Crippen molar-refractivity contribution in [3.63, 3.8) is 0 Å². The van der Waals surface area contributed by atoms with E-state index in [-0.39, 0.29) is 23.9 Å². The van der Waals surface area contributed by atoms with Crippen LogP contribution in [0.4, 0.5) is 0 Å². The Bertz CT molecular complexity index is 439. The predicted octanol–water partition coefficient (Wildman–Crippen LogP) is 2.93. The number of nitrogens with two attached hydrogens (primary N) is 1. The van der Waals surface area contributed by atoms with Crippen molar-refractivity contribution < 1.29 is 9.21 Å². The minimum Gasteiger partial charge on any atom is -0.469 e. The van der Waals surface area contributed by atoms with Gasteiger partial charge < -0.3 is 15.5 Å². The Morgan fingerprint density at radius 2 is 2.30 bits per heavy atom. The Kier molecular flexibility index (Phi) is 5.24. The number of furan rings is 1. The standard InChI is InChI=1S/C16H26N2O2/c1-11(5-3-6-12(2)17)16(19)18-14-7-4-8-15-13(14)9-10-20-15/h9-12,14H,3-8,17H2,1-2H3,(H,18,19). The maximum atomic E-state index is 12.2. The highest BCUT2D eigenvalue weighted by Gasteiger charge is 2.25. The number of carbonyl (C=O) groups excluding carboxylic acids is 1. The van der Waals surface area contributed by atoms with Crippen LogP contribution >= 0.6 is 0 Å². The summed E-state index contributed by atoms with van der Waals surface area (Å²) in [6, 6.07) is 2.33. The van der Waals surface area contributed by atoms with E-state index in [1.165, 1.54) is 0 Å². The maximum absolute atomic E-state index is 12.2. The second kappa shape index (κ2) is 6.93. The SMILES string of the molecule is CC(N)CCCC(C)C(=O)NC1CCCc2occc21. The molecule has 0 fully saturated rings. The van der Waals surface area contributed by atoms with Crippen LogP contribution in [-0.2, 0) is 11.2 Å². The van der Waals surface area contributed by atoms with Gasteiger partial charge >= 0.3 is 0 Å². The van der Waals surface area contributed by atoms with Crippen molar-refractivity contribution in [3.8, 4) is 0 Å². The first kappa shape index (κ1) is 15.1. The molecule has 0 aliphatic heterocycles. The highest BCUT2D eigenvalue weighted by atomic mass is 16.3. The Morgan fingerprint density at radius 1 is 1.50 bits per heavy atom. The fraction of sp³-hybridized carbons (Fsp3) is 0.688. The largest absolute Gasteiger partial charge is 0.469 e. The summed E-state index contributed by atoms with van der Waals surface area (Å²) in [6.45, 7) is 4.00. The minimum absolute atomic E-state index is 0.0472. The fourth-order valence-electron chi connectivity index (χ4n) is 2.83. The van der Waals surface area contributed by atoms with Crippen LogP contribution in [0.3, 0.4) is 0 Å². The third kappa shape index (κ3) is 3.85. The van der Waals surface area contributed by atoms with Gasteiger partial charge in [-0.15, -0.1) is 0 Å². The van der Waals surface area contributed by atoms with E-state index in [1.807, 2.05) is 19.9 Å². The van der Waals surface area contributed by atoms with Crippen molar-refractivity contribution in [1.29, 1.82) is 0 Å². The summed E-state index contributed by atoms with van der Waals surface area (Å²) in [5, 5.41) is 3.17. The third-order valence-corrected chi connectivity index (χ3v) is 4.11. The summed E-state index contributed by atoms with van der Waals surface area (Å²) >= 11 is 0. The first-order valence-electron chi connectivity index (χ1n) is 7.70. The lowest BCUT2D eigenvalue weighted by molar-refractivity contribution is -0.125. The molecule has 0 saturated heterocycles. The predicted molar refractivity (Wildman–Crippen MR) is 79.2 cm³/mol. The topological polar surface area (TPSA) is 68.3 Å². The number of nitrogens with one attached hydrogen (secondary N) is 1. The van der Waals surface area contributed by atoms with E-state index in [2.05, 4.69) is 5.32 Å². The molecule has 0 bridgehead atoms. The van der Waals surface area contributed by atoms with Gasteiger partial charge in [0, 0.05) is 23.9 Å². The fourth-order valence-corrected chi connectivity index (χ4v) is 2.83. The van der Waals surface area contributed by atoms with Crippen molar-refractivity contribution in [2.24, 2.45) is 11.7 Å². The van der Waals surface area contributed by atoms with E-state index in [0.717, 1.165) is 49.8 Å². The van der Waals surface area contributed by atoms with E-state index in [4.69, 9.17) is 10.2 Å². The molecule has 1 aliphatic carbocycles. The van der Waals surface area contributed by atoms with Crippen LogP contribution in [0.2, 0.25) is 0 Å². The number of carbonyl (C=O) groups is 1. The van der Waals surface area contributed by atoms with E-state index in [0.29, 0.717) is 0 Å². The zero-order chi connectivity index (χ0) is 14.5. The molecule has 1 heterocycles. The number of amides is 1. The third-order valence-electron chi connectivity index (χ3n) is 4.11. The molecule has 0 aromatic carbocycles. The van der Waals surface area contributed by atoms with Crippen LogP contribution in [0.25, 0.3) is 0 Å². The molecule has 112 valence electrons. The molecule has 1 aromatic heterocycles. The van der Waals surface area contributed by atoms with Gasteiger partial charge in [0.2, 0.25) is 5.91 Å². The first-order valence-corrected chi connectivity index (χ1v) is 7.70. The van der Waals surface area contributed by atoms with Crippen LogP contribution in [0.1, 0.15) is 63.3 Å². The van der Waals surface area contributed by atoms with Crippen molar-refractivity contribution in [3.05, 3.63) is 23.7 Å². The van der Waals surface area contributed by atoms with Gasteiger partial charge in [-0.1, -0.05) is 13.3 Å². The van der Waals surface area contributed by atoms with Gasteiger partial charge in [0.1, 0.15) is 5.76 Å². The molecule has 20 heavy (non-hydrogen) atoms. The average Bonchev–Trinajstić information content (AvgIpc) is 2.87. The lowest BCUT2D eigenvalue weighted by Crippen LogP contribution is -2.34. The van der Waals surface area contributed by atoms with Crippen LogP contribution in [-0.4, -0.2) is 11.9 Å². The molecule has 3 atom stereocenters. The number of fused-ring (bicyclic) bond motifs is 1. The van der Waals surface area contributed by atoms with E-state index >= 15 is 0 Å². The average molecular weight is 278 g/mol. The minimum atomic E-state index is 0.0472. The Morgan fingerprint density at radius 3 is 3.05 bits per heavy atom. The van der Waals surface area contributed by atoms with Crippen molar-refractivity contribution in [1.82, 2.24) is 5.32 Å². The Balaban J connectivity index is 1.83. The normalized spacial score (nSPS) is 21.1. The summed E-state index contributed by atoms with van der Waals surface area (Å²) in [5.74, 6) is 1.23. The molecule has 3 N–H and O–H groups in total. The highest BCUT2D eigenvalue weighted by Crippen LogP contribution is 2.30. The second-order valence-electron chi connectivity index (χ2n) is 6.06. The molecular weight excluding hydrogens is 252 g/mol. The van der Waals surface area contributed by atoms with Gasteiger partial charge in [0.15, 0.2) is 0 Å². The summed E-state index contributed by atoms with van der Waals surface area (Å²) in [4.78, 5) is 12.2. The molecule has 2 rings (SSSR count). The molecule has 1 amide bonds. The van der Waals surface area contributed by atoms with Crippen LogP contribution in [0.5, 0.6) is 0 Å². The molecule has 0 saturated carbocycles. The number of aryl methyl sites for hydroxylation is 1. The quantitative estimate of drug-likeness (QED) is 0.840. The first-order chi connectivity index (χ1) is 9.58. The zero-order valence-corrected chi connectivity index (χ0v) is 12.5. The van der Waals surface area contributed by atoms with E-state index in [9.17, 15) is 4.79 Å². The molecule has 3 unspecified atom stereocenters. The van der Waals surface area contributed by atoms with Gasteiger partial charge in [0.05, 0.1) is 12.3 Å². The molecule has 1 aromatic rings. The zero-order valence-electron chi connectivity index (χ0n) is 12.5. The molecule has 0 radical (unpaired) electrons. The second-order valence-corrected chi connectivity index (χ2v) is 6.06. The Hall–Kier alpha value is -1.29. The highest BCUT2D eigenvalue weighted by molar-refractivity contribution is 5.78. The van der Waals surface area contributed by atoms with Crippen LogP contribution in [0.15, 0.2) is 16.7 Å². The summed E-state index contributed by atoms with van der Waals surface area (Å²) in [7, 11) is 0. The summed E-state index contributed by atoms with van der Waals surface area (Å²) in [5.41, 5.74) is 6.89. The Labute approximate surface area is 121 Å². The maximum Gasteiger partial charge on any atom is 0.223 e. The molecule has 4 nitrogen and oxygen atoms in total. The van der Waals surface area contributed by atoms with E-state index in [1.54, 1.807) is 6.26 Å². The van der Waals surface area contributed by atoms with Crippen LogP contribution in [0, 0.1) is 5.92 Å². The molecule has 4 heteroatoms. The van der Waals surface area contributed by atoms with Gasteiger partial charge in [-0.05, 0) is 38.7 Å². The summed E-state index contributed by atoms with van der Waals surface area (Å²) in [6.07, 6.45) is 7.67. The number of hydrogen-bond donors (Lipinski definition) is 2. The van der Waals surface area contributed by atoms with Gasteiger partial charge in [-0.25, -0.2) is 0 Å². The van der Waals surface area contributed by atoms with Crippen LogP contribution < -0.4 is 11.1 Å². The van der Waals surface area contributed by atoms with Crippen molar-refractivity contribution >= 4 is 5.91 Å². The smallest absolute Gasteiger partial charge is 0.223 e. The van der Waals surface area contributed by atoms with Gasteiger partial charge in [-0.3, -0.25) is 4.79 Å².